The molecule has 0 unspecified atom stereocenters. The quantitative estimate of drug-likeness (QED) is 0.830. The Kier molecular flexibility index (Phi) is 6.08. The zero-order chi connectivity index (χ0) is 16.1. The summed E-state index contributed by atoms with van der Waals surface area (Å²) in [6.07, 6.45) is 8.37. The molecule has 5 nitrogen and oxygen atoms in total. The molecule has 0 aromatic carbocycles. The summed E-state index contributed by atoms with van der Waals surface area (Å²) in [5, 5.41) is 6.19. The molecule has 1 aliphatic heterocycles. The van der Waals surface area contributed by atoms with Crippen LogP contribution in [-0.2, 0) is 4.79 Å². The van der Waals surface area contributed by atoms with Gasteiger partial charge >= 0.3 is 6.03 Å². The molecule has 3 fully saturated rings. The minimum Gasteiger partial charge on any atom is -0.341 e. The van der Waals surface area contributed by atoms with Gasteiger partial charge in [-0.2, -0.15) is 11.8 Å². The Hall–Kier alpha value is -0.910. The number of urea groups is 1. The minimum absolute atomic E-state index is 0.0141. The van der Waals surface area contributed by atoms with Crippen LogP contribution in [0, 0.1) is 5.92 Å². The zero-order valence-electron chi connectivity index (χ0n) is 13.9. The van der Waals surface area contributed by atoms with Crippen LogP contribution in [0.15, 0.2) is 0 Å². The van der Waals surface area contributed by atoms with E-state index < -0.39 is 0 Å². The van der Waals surface area contributed by atoms with E-state index in [0.717, 1.165) is 63.1 Å². The molecule has 0 radical (unpaired) electrons. The fraction of sp³-hybridized carbons (Fsp3) is 0.882. The first-order valence-corrected chi connectivity index (χ1v) is 10.3. The summed E-state index contributed by atoms with van der Waals surface area (Å²) >= 11 is 1.93. The molecule has 1 saturated heterocycles. The van der Waals surface area contributed by atoms with E-state index in [9.17, 15) is 9.59 Å². The van der Waals surface area contributed by atoms with Crippen LogP contribution in [0.1, 0.15) is 51.4 Å². The van der Waals surface area contributed by atoms with Crippen LogP contribution in [0.3, 0.4) is 0 Å². The standard InChI is InChI=1S/C17H29N3O2S/c21-16(20-9-11-23-12-10-20)13-5-7-15(8-6-13)19-17(22)18-14-3-1-2-4-14/h13-15H,1-12H2,(H2,18,19,22). The van der Waals surface area contributed by atoms with Gasteiger partial charge < -0.3 is 15.5 Å². The highest BCUT2D eigenvalue weighted by molar-refractivity contribution is 7.99. The van der Waals surface area contributed by atoms with Gasteiger partial charge in [0.05, 0.1) is 0 Å². The van der Waals surface area contributed by atoms with E-state index in [4.69, 9.17) is 0 Å². The second kappa shape index (κ2) is 8.27. The van der Waals surface area contributed by atoms with Crippen LogP contribution in [0.25, 0.3) is 0 Å². The minimum atomic E-state index is -0.0141. The molecular weight excluding hydrogens is 310 g/mol. The summed E-state index contributed by atoms with van der Waals surface area (Å²) in [5.74, 6) is 2.67. The highest BCUT2D eigenvalue weighted by atomic mass is 32.2. The lowest BCUT2D eigenvalue weighted by Gasteiger charge is -2.34. The molecule has 0 aromatic heterocycles. The van der Waals surface area contributed by atoms with E-state index in [2.05, 4.69) is 10.6 Å². The van der Waals surface area contributed by atoms with Crippen molar-refractivity contribution in [1.29, 1.82) is 0 Å². The SMILES string of the molecule is O=C(NC1CCCC1)NC1CCC(C(=O)N2CCSCC2)CC1. The van der Waals surface area contributed by atoms with E-state index in [0.29, 0.717) is 11.9 Å². The third-order valence-corrected chi connectivity index (χ3v) is 6.37. The Bertz CT molecular complexity index is 412. The Morgan fingerprint density at radius 3 is 2.00 bits per heavy atom. The Labute approximate surface area is 143 Å². The summed E-state index contributed by atoms with van der Waals surface area (Å²) < 4.78 is 0. The van der Waals surface area contributed by atoms with Crippen LogP contribution in [0.4, 0.5) is 4.79 Å². The van der Waals surface area contributed by atoms with Crippen molar-refractivity contribution < 1.29 is 9.59 Å². The van der Waals surface area contributed by atoms with Gasteiger partial charge in [0, 0.05) is 42.6 Å². The monoisotopic (exact) mass is 339 g/mol. The molecule has 23 heavy (non-hydrogen) atoms. The van der Waals surface area contributed by atoms with Gasteiger partial charge in [-0.1, -0.05) is 12.8 Å². The van der Waals surface area contributed by atoms with Crippen molar-refractivity contribution in [2.24, 2.45) is 5.92 Å². The molecule has 1 heterocycles. The smallest absolute Gasteiger partial charge is 0.315 e. The number of rotatable bonds is 3. The van der Waals surface area contributed by atoms with E-state index in [1.54, 1.807) is 0 Å². The maximum absolute atomic E-state index is 12.5. The maximum atomic E-state index is 12.5. The molecule has 0 spiro atoms. The van der Waals surface area contributed by atoms with Crippen molar-refractivity contribution in [2.75, 3.05) is 24.6 Å². The van der Waals surface area contributed by atoms with Crippen LogP contribution < -0.4 is 10.6 Å². The van der Waals surface area contributed by atoms with Gasteiger partial charge in [-0.15, -0.1) is 0 Å². The molecule has 2 N–H and O–H groups in total. The lowest BCUT2D eigenvalue weighted by molar-refractivity contribution is -0.136. The number of nitrogens with zero attached hydrogens (tertiary/aromatic N) is 1. The van der Waals surface area contributed by atoms with Crippen LogP contribution in [0.2, 0.25) is 0 Å². The van der Waals surface area contributed by atoms with E-state index in [1.807, 2.05) is 16.7 Å². The molecule has 0 atom stereocenters. The molecule has 3 rings (SSSR count). The number of hydrogen-bond donors (Lipinski definition) is 2. The highest BCUT2D eigenvalue weighted by Gasteiger charge is 2.30. The number of carbonyl (C=O) groups excluding carboxylic acids is 2. The number of amides is 3. The van der Waals surface area contributed by atoms with Gasteiger partial charge in [0.1, 0.15) is 0 Å². The normalized spacial score (nSPS) is 29.3. The van der Waals surface area contributed by atoms with Crippen molar-refractivity contribution in [3.63, 3.8) is 0 Å². The average Bonchev–Trinajstić information content (AvgIpc) is 3.08. The van der Waals surface area contributed by atoms with Gasteiger partial charge in [-0.3, -0.25) is 4.79 Å². The third-order valence-electron chi connectivity index (χ3n) is 5.42. The Morgan fingerprint density at radius 2 is 1.39 bits per heavy atom. The van der Waals surface area contributed by atoms with Gasteiger partial charge in [0.2, 0.25) is 5.91 Å². The second-order valence-corrected chi connectivity index (χ2v) is 8.31. The van der Waals surface area contributed by atoms with E-state index in [1.165, 1.54) is 12.8 Å². The summed E-state index contributed by atoms with van der Waals surface area (Å²) in [6, 6.07) is 0.585. The Morgan fingerprint density at radius 1 is 0.826 bits per heavy atom. The van der Waals surface area contributed by atoms with Crippen LogP contribution in [0.5, 0.6) is 0 Å². The van der Waals surface area contributed by atoms with Gasteiger partial charge in [-0.25, -0.2) is 4.79 Å². The largest absolute Gasteiger partial charge is 0.341 e. The number of thioether (sulfide) groups is 1. The summed E-state index contributed by atoms with van der Waals surface area (Å²) in [4.78, 5) is 26.6. The Balaban J connectivity index is 1.37. The van der Waals surface area contributed by atoms with E-state index in [-0.39, 0.29) is 18.0 Å². The van der Waals surface area contributed by atoms with Crippen LogP contribution >= 0.6 is 11.8 Å². The van der Waals surface area contributed by atoms with Crippen molar-refractivity contribution in [3.05, 3.63) is 0 Å². The van der Waals surface area contributed by atoms with Crippen molar-refractivity contribution in [1.82, 2.24) is 15.5 Å². The predicted octanol–water partition coefficient (Wildman–Crippen LogP) is 2.36. The molecule has 6 heteroatoms. The zero-order valence-corrected chi connectivity index (χ0v) is 14.7. The fourth-order valence-corrected chi connectivity index (χ4v) is 4.91. The van der Waals surface area contributed by atoms with Crippen molar-refractivity contribution in [2.45, 2.75) is 63.5 Å². The average molecular weight is 340 g/mol. The predicted molar refractivity (Wildman–Crippen MR) is 93.6 cm³/mol. The van der Waals surface area contributed by atoms with Gasteiger partial charge in [-0.05, 0) is 38.5 Å². The molecule has 2 aliphatic carbocycles. The van der Waals surface area contributed by atoms with Crippen molar-refractivity contribution in [3.8, 4) is 0 Å². The summed E-state index contributed by atoms with van der Waals surface area (Å²) in [5.41, 5.74) is 0. The van der Waals surface area contributed by atoms with Crippen molar-refractivity contribution >= 4 is 23.7 Å². The third kappa shape index (κ3) is 4.78. The first-order valence-electron chi connectivity index (χ1n) is 9.16. The first-order chi connectivity index (χ1) is 11.2. The molecule has 0 bridgehead atoms. The molecule has 130 valence electrons. The first kappa shape index (κ1) is 16.9. The number of hydrogen-bond acceptors (Lipinski definition) is 3. The number of carbonyl (C=O) groups is 2. The summed E-state index contributed by atoms with van der Waals surface area (Å²) in [6.45, 7) is 1.82. The topological polar surface area (TPSA) is 61.4 Å². The van der Waals surface area contributed by atoms with Crippen LogP contribution in [-0.4, -0.2) is 53.5 Å². The maximum Gasteiger partial charge on any atom is 0.315 e. The molecular formula is C17H29N3O2S. The van der Waals surface area contributed by atoms with Gasteiger partial charge in [0.25, 0.3) is 0 Å². The van der Waals surface area contributed by atoms with Gasteiger partial charge in [0.15, 0.2) is 0 Å². The molecule has 3 aliphatic rings. The molecule has 3 amide bonds. The summed E-state index contributed by atoms with van der Waals surface area (Å²) in [7, 11) is 0. The van der Waals surface area contributed by atoms with E-state index >= 15 is 0 Å². The molecule has 0 aromatic rings. The highest BCUT2D eigenvalue weighted by Crippen LogP contribution is 2.27. The fourth-order valence-electron chi connectivity index (χ4n) is 4.01. The molecule has 2 saturated carbocycles. The second-order valence-electron chi connectivity index (χ2n) is 7.09. The lowest BCUT2D eigenvalue weighted by Crippen LogP contribution is -2.48. The lowest BCUT2D eigenvalue weighted by atomic mass is 9.85. The number of nitrogens with one attached hydrogen (secondary N) is 2.